The van der Waals surface area contributed by atoms with E-state index in [-0.39, 0.29) is 6.61 Å². The molecule has 1 amide bonds. The summed E-state index contributed by atoms with van der Waals surface area (Å²) in [6.45, 7) is 0.108. The van der Waals surface area contributed by atoms with Crippen LogP contribution < -0.4 is 19.9 Å². The molecule has 0 fully saturated rings. The number of benzene rings is 1. The molecule has 21 heavy (non-hydrogen) atoms. The first kappa shape index (κ1) is 13.2. The van der Waals surface area contributed by atoms with Crippen molar-refractivity contribution in [3.05, 3.63) is 36.4 Å². The molecule has 0 spiro atoms. The fourth-order valence-corrected chi connectivity index (χ4v) is 2.11. The molecule has 2 heterocycles. The van der Waals surface area contributed by atoms with Gasteiger partial charge in [-0.2, -0.15) is 0 Å². The predicted molar refractivity (Wildman–Crippen MR) is 75.3 cm³/mol. The third kappa shape index (κ3) is 2.47. The van der Waals surface area contributed by atoms with E-state index < -0.39 is 12.0 Å². The fourth-order valence-electron chi connectivity index (χ4n) is 2.11. The summed E-state index contributed by atoms with van der Waals surface area (Å²) in [6, 6.07) is 10.9. The van der Waals surface area contributed by atoms with Gasteiger partial charge in [0.25, 0.3) is 5.91 Å². The Balaban J connectivity index is 2.06. The van der Waals surface area contributed by atoms with Crippen LogP contribution in [0.4, 0.5) is 0 Å². The highest BCUT2D eigenvalue weighted by atomic mass is 16.6. The lowest BCUT2D eigenvalue weighted by Gasteiger charge is -2.26. The zero-order valence-electron chi connectivity index (χ0n) is 11.4. The van der Waals surface area contributed by atoms with Crippen LogP contribution in [0.5, 0.6) is 17.4 Å². The summed E-state index contributed by atoms with van der Waals surface area (Å²) in [6.07, 6.45) is -0.802. The van der Waals surface area contributed by atoms with E-state index in [1.54, 1.807) is 19.2 Å². The lowest BCUT2D eigenvalue weighted by atomic mass is 10.1. The second kappa shape index (κ2) is 5.32. The maximum Gasteiger partial charge on any atom is 0.262 e. The summed E-state index contributed by atoms with van der Waals surface area (Å²) in [7, 11) is 1.55. The molecule has 3 rings (SSSR count). The second-order valence-electron chi connectivity index (χ2n) is 4.52. The number of pyridine rings is 1. The van der Waals surface area contributed by atoms with Crippen molar-refractivity contribution in [1.29, 1.82) is 0 Å². The molecule has 1 aromatic carbocycles. The molecule has 1 aromatic heterocycles. The van der Waals surface area contributed by atoms with Gasteiger partial charge in [-0.25, -0.2) is 4.98 Å². The summed E-state index contributed by atoms with van der Waals surface area (Å²) in [5.74, 6) is 0.963. The van der Waals surface area contributed by atoms with Gasteiger partial charge in [-0.15, -0.1) is 0 Å². The third-order valence-electron chi connectivity index (χ3n) is 3.16. The van der Waals surface area contributed by atoms with Gasteiger partial charge >= 0.3 is 0 Å². The molecule has 0 aliphatic carbocycles. The monoisotopic (exact) mass is 286 g/mol. The molecule has 1 aliphatic heterocycles. The van der Waals surface area contributed by atoms with E-state index in [1.807, 2.05) is 24.3 Å². The van der Waals surface area contributed by atoms with Gasteiger partial charge in [0.05, 0.1) is 12.8 Å². The number of carbonyl (C=O) groups excluding carboxylic acids is 1. The maximum absolute atomic E-state index is 11.3. The quantitative estimate of drug-likeness (QED) is 0.921. The maximum atomic E-state index is 11.3. The van der Waals surface area contributed by atoms with Crippen molar-refractivity contribution < 1.29 is 19.0 Å². The zero-order valence-corrected chi connectivity index (χ0v) is 11.4. The fraction of sp³-hybridized carbons (Fsp3) is 0.200. The van der Waals surface area contributed by atoms with Crippen molar-refractivity contribution in [3.8, 4) is 28.6 Å². The topological polar surface area (TPSA) is 83.7 Å². The first-order chi connectivity index (χ1) is 10.2. The molecule has 2 N–H and O–H groups in total. The van der Waals surface area contributed by atoms with Crippen molar-refractivity contribution in [2.24, 2.45) is 5.73 Å². The number of hydrogen-bond acceptors (Lipinski definition) is 5. The van der Waals surface area contributed by atoms with Crippen LogP contribution in [0.25, 0.3) is 11.3 Å². The van der Waals surface area contributed by atoms with E-state index in [0.29, 0.717) is 23.1 Å². The Morgan fingerprint density at radius 2 is 2.14 bits per heavy atom. The minimum Gasteiger partial charge on any atom is -0.485 e. The number of para-hydroxylation sites is 1. The molecule has 0 unspecified atom stereocenters. The molecule has 0 bridgehead atoms. The average Bonchev–Trinajstić information content (AvgIpc) is 2.53. The average molecular weight is 286 g/mol. The summed E-state index contributed by atoms with van der Waals surface area (Å²) < 4.78 is 16.3. The largest absolute Gasteiger partial charge is 0.485 e. The number of nitrogens with two attached hydrogens (primary N) is 1. The van der Waals surface area contributed by atoms with Crippen LogP contribution in [-0.2, 0) is 4.79 Å². The Bertz CT molecular complexity index is 687. The van der Waals surface area contributed by atoms with E-state index >= 15 is 0 Å². The first-order valence-corrected chi connectivity index (χ1v) is 6.42. The van der Waals surface area contributed by atoms with E-state index in [1.165, 1.54) is 0 Å². The Hall–Kier alpha value is -2.76. The zero-order chi connectivity index (χ0) is 14.8. The van der Waals surface area contributed by atoms with Crippen molar-refractivity contribution >= 4 is 5.91 Å². The number of hydrogen-bond donors (Lipinski definition) is 1. The highest BCUT2D eigenvalue weighted by molar-refractivity contribution is 5.81. The van der Waals surface area contributed by atoms with E-state index in [2.05, 4.69) is 4.98 Å². The lowest BCUT2D eigenvalue weighted by Crippen LogP contribution is -2.41. The van der Waals surface area contributed by atoms with Crippen molar-refractivity contribution in [2.45, 2.75) is 6.10 Å². The molecule has 0 saturated carbocycles. The minimum absolute atomic E-state index is 0.108. The molecule has 6 nitrogen and oxygen atoms in total. The van der Waals surface area contributed by atoms with Crippen LogP contribution in [0.15, 0.2) is 36.4 Å². The highest BCUT2D eigenvalue weighted by Gasteiger charge is 2.28. The second-order valence-corrected chi connectivity index (χ2v) is 4.52. The van der Waals surface area contributed by atoms with E-state index in [9.17, 15) is 4.79 Å². The molecular formula is C15H14N2O4. The number of nitrogens with zero attached hydrogens (tertiary/aromatic N) is 1. The van der Waals surface area contributed by atoms with Gasteiger partial charge in [-0.05, 0) is 18.2 Å². The van der Waals surface area contributed by atoms with Gasteiger partial charge in [0.2, 0.25) is 12.0 Å². The number of aromatic nitrogens is 1. The van der Waals surface area contributed by atoms with Crippen LogP contribution in [0.1, 0.15) is 0 Å². The van der Waals surface area contributed by atoms with Crippen molar-refractivity contribution in [2.75, 3.05) is 13.7 Å². The molecule has 1 atom stereocenters. The standard InChI is InChI=1S/C15H14N2O4/c1-19-13-7-3-5-10(17-13)9-4-2-6-11-14(9)21-12(8-20-11)15(16)18/h2-7,12H,8H2,1H3,(H2,16,18)/t12-/m1/s1. The SMILES string of the molecule is COc1cccc(-c2cccc3c2O[C@@H](C(N)=O)CO3)n1. The Morgan fingerprint density at radius 1 is 1.33 bits per heavy atom. The van der Waals surface area contributed by atoms with Crippen LogP contribution in [0.2, 0.25) is 0 Å². The molecule has 108 valence electrons. The van der Waals surface area contributed by atoms with Gasteiger partial charge in [0.15, 0.2) is 11.5 Å². The Labute approximate surface area is 121 Å². The Morgan fingerprint density at radius 3 is 2.90 bits per heavy atom. The minimum atomic E-state index is -0.802. The molecule has 6 heteroatoms. The van der Waals surface area contributed by atoms with E-state index in [0.717, 1.165) is 5.56 Å². The molecule has 2 aromatic rings. The first-order valence-electron chi connectivity index (χ1n) is 6.42. The predicted octanol–water partition coefficient (Wildman–Crippen LogP) is 1.38. The summed E-state index contributed by atoms with van der Waals surface area (Å²) in [5, 5.41) is 0. The number of carbonyl (C=O) groups is 1. The van der Waals surface area contributed by atoms with Gasteiger partial charge in [-0.3, -0.25) is 4.79 Å². The van der Waals surface area contributed by atoms with Crippen molar-refractivity contribution in [3.63, 3.8) is 0 Å². The highest BCUT2D eigenvalue weighted by Crippen LogP contribution is 2.40. The van der Waals surface area contributed by atoms with Gasteiger partial charge < -0.3 is 19.9 Å². The van der Waals surface area contributed by atoms with E-state index in [4.69, 9.17) is 19.9 Å². The normalized spacial score (nSPS) is 16.3. The van der Waals surface area contributed by atoms with Crippen LogP contribution >= 0.6 is 0 Å². The molecule has 1 aliphatic rings. The number of ether oxygens (including phenoxy) is 3. The van der Waals surface area contributed by atoms with Crippen LogP contribution in [-0.4, -0.2) is 30.7 Å². The number of methoxy groups -OCH3 is 1. The number of rotatable bonds is 3. The number of fused-ring (bicyclic) bond motifs is 1. The number of primary amides is 1. The number of amides is 1. The van der Waals surface area contributed by atoms with Crippen LogP contribution in [0, 0.1) is 0 Å². The Kier molecular flexibility index (Phi) is 3.35. The van der Waals surface area contributed by atoms with Crippen LogP contribution in [0.3, 0.4) is 0 Å². The molecular weight excluding hydrogens is 272 g/mol. The van der Waals surface area contributed by atoms with Gasteiger partial charge in [0, 0.05) is 11.6 Å². The summed E-state index contributed by atoms with van der Waals surface area (Å²) in [4.78, 5) is 15.7. The third-order valence-corrected chi connectivity index (χ3v) is 3.16. The smallest absolute Gasteiger partial charge is 0.262 e. The van der Waals surface area contributed by atoms with Gasteiger partial charge in [-0.1, -0.05) is 12.1 Å². The molecule has 0 saturated heterocycles. The summed E-state index contributed by atoms with van der Waals surface area (Å²) in [5.41, 5.74) is 6.67. The van der Waals surface area contributed by atoms with Crippen molar-refractivity contribution in [1.82, 2.24) is 4.98 Å². The summed E-state index contributed by atoms with van der Waals surface area (Å²) >= 11 is 0. The van der Waals surface area contributed by atoms with Gasteiger partial charge in [0.1, 0.15) is 6.61 Å². The lowest BCUT2D eigenvalue weighted by molar-refractivity contribution is -0.126. The molecule has 0 radical (unpaired) electrons.